The largest absolute Gasteiger partial charge is 0.368 e. The fourth-order valence-corrected chi connectivity index (χ4v) is 2.38. The van der Waals surface area contributed by atoms with E-state index in [4.69, 9.17) is 5.73 Å². The second-order valence-corrected chi connectivity index (χ2v) is 4.82. The summed E-state index contributed by atoms with van der Waals surface area (Å²) in [5.41, 5.74) is 6.51. The zero-order valence-corrected chi connectivity index (χ0v) is 11.8. The second-order valence-electron chi connectivity index (χ2n) is 4.82. The Hall–Kier alpha value is -2.14. The lowest BCUT2D eigenvalue weighted by Crippen LogP contribution is -2.55. The zero-order valence-electron chi connectivity index (χ0n) is 11.8. The van der Waals surface area contributed by atoms with E-state index in [0.29, 0.717) is 13.1 Å². The Morgan fingerprint density at radius 3 is 2.55 bits per heavy atom. The number of likely N-dealkylation sites (N-methyl/N-ethyl adjacent to an activating group) is 1. The monoisotopic (exact) mass is 272 g/mol. The van der Waals surface area contributed by atoms with Crippen LogP contribution in [0.2, 0.25) is 0 Å². The summed E-state index contributed by atoms with van der Waals surface area (Å²) < 4.78 is 1.75. The van der Waals surface area contributed by atoms with Crippen molar-refractivity contribution >= 4 is 5.91 Å². The van der Waals surface area contributed by atoms with Crippen LogP contribution in [0.25, 0.3) is 0 Å². The Morgan fingerprint density at radius 2 is 2.05 bits per heavy atom. The Labute approximate surface area is 118 Å². The molecular weight excluding hydrogens is 252 g/mol. The number of carbonyl (C=O) groups is 1. The molecule has 0 aliphatic heterocycles. The van der Waals surface area contributed by atoms with Gasteiger partial charge in [0.25, 0.3) is 0 Å². The summed E-state index contributed by atoms with van der Waals surface area (Å²) in [6.45, 7) is 4.87. The first kappa shape index (κ1) is 14.3. The number of nitrogens with one attached hydrogen (secondary N) is 1. The summed E-state index contributed by atoms with van der Waals surface area (Å²) in [5.74, 6) is -0.404. The van der Waals surface area contributed by atoms with Gasteiger partial charge in [-0.25, -0.2) is 0 Å². The highest BCUT2D eigenvalue weighted by molar-refractivity contribution is 5.86. The Balaban J connectivity index is 2.44. The van der Waals surface area contributed by atoms with E-state index >= 15 is 0 Å². The van der Waals surface area contributed by atoms with Crippen molar-refractivity contribution < 1.29 is 4.79 Å². The van der Waals surface area contributed by atoms with Crippen LogP contribution in [0.15, 0.2) is 42.6 Å². The molecule has 5 heteroatoms. The maximum absolute atomic E-state index is 12.1. The lowest BCUT2D eigenvalue weighted by molar-refractivity contribution is -0.125. The number of aryl methyl sites for hydroxylation is 1. The molecule has 1 amide bonds. The minimum atomic E-state index is -0.950. The van der Waals surface area contributed by atoms with E-state index in [1.165, 1.54) is 0 Å². The molecule has 0 spiro atoms. The van der Waals surface area contributed by atoms with Crippen LogP contribution in [0, 0.1) is 6.92 Å². The zero-order chi connectivity index (χ0) is 14.6. The van der Waals surface area contributed by atoms with Gasteiger partial charge in [0.1, 0.15) is 5.54 Å². The molecule has 1 heterocycles. The summed E-state index contributed by atoms with van der Waals surface area (Å²) in [5, 5.41) is 7.59. The smallest absolute Gasteiger partial charge is 0.244 e. The van der Waals surface area contributed by atoms with Crippen molar-refractivity contribution in [1.82, 2.24) is 15.1 Å². The molecular formula is C15H20N4O. The van der Waals surface area contributed by atoms with Gasteiger partial charge in [0.15, 0.2) is 0 Å². The minimum Gasteiger partial charge on any atom is -0.368 e. The number of aromatic nitrogens is 2. The van der Waals surface area contributed by atoms with Gasteiger partial charge in [-0.1, -0.05) is 37.3 Å². The number of hydrogen-bond donors (Lipinski definition) is 2. The van der Waals surface area contributed by atoms with E-state index in [1.54, 1.807) is 4.68 Å². The number of primary amides is 1. The summed E-state index contributed by atoms with van der Waals surface area (Å²) >= 11 is 0. The van der Waals surface area contributed by atoms with Crippen molar-refractivity contribution in [1.29, 1.82) is 0 Å². The molecule has 1 atom stereocenters. The van der Waals surface area contributed by atoms with Crippen LogP contribution in [0.4, 0.5) is 0 Å². The third kappa shape index (κ3) is 2.72. The van der Waals surface area contributed by atoms with Crippen LogP contribution in [-0.2, 0) is 16.9 Å². The molecule has 0 saturated heterocycles. The SMILES string of the molecule is CCNC(Cn1ccc(C)n1)(C(N)=O)c1ccccc1. The number of nitrogens with zero attached hydrogens (tertiary/aromatic N) is 2. The average molecular weight is 272 g/mol. The molecule has 3 N–H and O–H groups in total. The molecule has 0 fully saturated rings. The first-order valence-electron chi connectivity index (χ1n) is 6.69. The van der Waals surface area contributed by atoms with Gasteiger partial charge in [-0.3, -0.25) is 14.8 Å². The molecule has 0 radical (unpaired) electrons. The Bertz CT molecular complexity index is 579. The maximum atomic E-state index is 12.1. The molecule has 0 bridgehead atoms. The van der Waals surface area contributed by atoms with Gasteiger partial charge in [0.2, 0.25) is 5.91 Å². The van der Waals surface area contributed by atoms with E-state index < -0.39 is 11.4 Å². The summed E-state index contributed by atoms with van der Waals surface area (Å²) in [4.78, 5) is 12.1. The normalized spacial score (nSPS) is 13.9. The number of rotatable bonds is 6. The van der Waals surface area contributed by atoms with Gasteiger partial charge >= 0.3 is 0 Å². The number of benzene rings is 1. The van der Waals surface area contributed by atoms with Crippen molar-refractivity contribution in [2.45, 2.75) is 25.9 Å². The highest BCUT2D eigenvalue weighted by atomic mass is 16.1. The first-order chi connectivity index (χ1) is 9.58. The van der Waals surface area contributed by atoms with Crippen molar-refractivity contribution in [2.75, 3.05) is 6.54 Å². The van der Waals surface area contributed by atoms with Crippen LogP contribution < -0.4 is 11.1 Å². The van der Waals surface area contributed by atoms with E-state index in [9.17, 15) is 4.79 Å². The van der Waals surface area contributed by atoms with E-state index in [-0.39, 0.29) is 0 Å². The molecule has 0 aliphatic rings. The van der Waals surface area contributed by atoms with Gasteiger partial charge in [0.05, 0.1) is 12.2 Å². The molecule has 2 aromatic rings. The molecule has 5 nitrogen and oxygen atoms in total. The van der Waals surface area contributed by atoms with Crippen LogP contribution in [0.1, 0.15) is 18.2 Å². The van der Waals surface area contributed by atoms with Gasteiger partial charge in [-0.05, 0) is 25.1 Å². The molecule has 0 aliphatic carbocycles. The second kappa shape index (κ2) is 5.88. The van der Waals surface area contributed by atoms with Crippen molar-refractivity contribution in [3.8, 4) is 0 Å². The molecule has 106 valence electrons. The molecule has 1 unspecified atom stereocenters. The third-order valence-electron chi connectivity index (χ3n) is 3.34. The lowest BCUT2D eigenvalue weighted by atomic mass is 9.88. The molecule has 2 rings (SSSR count). The lowest BCUT2D eigenvalue weighted by Gasteiger charge is -2.32. The minimum absolute atomic E-state index is 0.369. The summed E-state index contributed by atoms with van der Waals surface area (Å²) in [6, 6.07) is 11.4. The quantitative estimate of drug-likeness (QED) is 0.829. The number of hydrogen-bond acceptors (Lipinski definition) is 3. The fraction of sp³-hybridized carbons (Fsp3) is 0.333. The van der Waals surface area contributed by atoms with Crippen molar-refractivity contribution in [3.63, 3.8) is 0 Å². The van der Waals surface area contributed by atoms with E-state index in [0.717, 1.165) is 11.3 Å². The maximum Gasteiger partial charge on any atom is 0.244 e. The fourth-order valence-electron chi connectivity index (χ4n) is 2.38. The number of nitrogens with two attached hydrogens (primary N) is 1. The Morgan fingerprint density at radius 1 is 1.35 bits per heavy atom. The molecule has 20 heavy (non-hydrogen) atoms. The Kier molecular flexibility index (Phi) is 4.20. The van der Waals surface area contributed by atoms with Gasteiger partial charge in [0, 0.05) is 6.20 Å². The topological polar surface area (TPSA) is 72.9 Å². The standard InChI is InChI=1S/C15H20N4O/c1-3-17-15(14(16)20,13-7-5-4-6-8-13)11-19-10-9-12(2)18-19/h4-10,17H,3,11H2,1-2H3,(H2,16,20). The summed E-state index contributed by atoms with van der Waals surface area (Å²) in [7, 11) is 0. The van der Waals surface area contributed by atoms with Crippen molar-refractivity contribution in [2.24, 2.45) is 5.73 Å². The van der Waals surface area contributed by atoms with Crippen LogP contribution in [0.5, 0.6) is 0 Å². The van der Waals surface area contributed by atoms with E-state index in [2.05, 4.69) is 10.4 Å². The van der Waals surface area contributed by atoms with Crippen LogP contribution in [0.3, 0.4) is 0 Å². The van der Waals surface area contributed by atoms with Gasteiger partial charge in [-0.2, -0.15) is 5.10 Å². The number of carbonyl (C=O) groups excluding carboxylic acids is 1. The van der Waals surface area contributed by atoms with Crippen LogP contribution in [-0.4, -0.2) is 22.2 Å². The predicted molar refractivity (Wildman–Crippen MR) is 78.0 cm³/mol. The molecule has 1 aromatic heterocycles. The predicted octanol–water partition coefficient (Wildman–Crippen LogP) is 1.18. The highest BCUT2D eigenvalue weighted by Gasteiger charge is 2.38. The first-order valence-corrected chi connectivity index (χ1v) is 6.69. The van der Waals surface area contributed by atoms with E-state index in [1.807, 2.05) is 56.4 Å². The van der Waals surface area contributed by atoms with Gasteiger partial charge < -0.3 is 5.73 Å². The highest BCUT2D eigenvalue weighted by Crippen LogP contribution is 2.23. The molecule has 0 saturated carbocycles. The summed E-state index contributed by atoms with van der Waals surface area (Å²) in [6.07, 6.45) is 1.85. The van der Waals surface area contributed by atoms with Gasteiger partial charge in [-0.15, -0.1) is 0 Å². The number of amides is 1. The third-order valence-corrected chi connectivity index (χ3v) is 3.34. The van der Waals surface area contributed by atoms with Crippen LogP contribution >= 0.6 is 0 Å². The molecule has 1 aromatic carbocycles. The average Bonchev–Trinajstić information content (AvgIpc) is 2.84. The van der Waals surface area contributed by atoms with Crippen molar-refractivity contribution in [3.05, 3.63) is 53.9 Å².